The molecule has 0 aliphatic carbocycles. The van der Waals surface area contributed by atoms with Crippen LogP contribution in [0.2, 0.25) is 0 Å². The highest BCUT2D eigenvalue weighted by molar-refractivity contribution is 5.77. The predicted molar refractivity (Wildman–Crippen MR) is 414 cm³/mol. The molecule has 119 heavy (non-hydrogen) atoms. The van der Waals surface area contributed by atoms with Gasteiger partial charge in [-0.05, 0) is 0 Å². The van der Waals surface area contributed by atoms with Crippen LogP contribution in [0.5, 0.6) is 0 Å². The molecule has 49 N–H and O–H groups in total. The summed E-state index contributed by atoms with van der Waals surface area (Å²) in [5.41, 5.74) is 78.4. The highest BCUT2D eigenvalue weighted by Crippen LogP contribution is 2.39. The van der Waals surface area contributed by atoms with Crippen molar-refractivity contribution < 1.29 is 138 Å². The van der Waals surface area contributed by atoms with Crippen LogP contribution in [0.15, 0.2) is 34.9 Å². The molecule has 21 aliphatic heterocycles. The Morgan fingerprint density at radius 3 is 0.387 bits per heavy atom. The first-order valence-electron chi connectivity index (χ1n) is 38.7. The molecule has 0 saturated carbocycles. The second kappa shape index (κ2) is 47.9. The maximum absolute atomic E-state index is 12.4. The second-order valence-corrected chi connectivity index (χ2v) is 28.9. The molecule has 0 aromatic carbocycles. The van der Waals surface area contributed by atoms with E-state index in [2.05, 4.69) is 72.2 Å². The summed E-state index contributed by atoms with van der Waals surface area (Å²) in [4.78, 5) is 27.8. The van der Waals surface area contributed by atoms with Crippen molar-refractivity contribution in [2.24, 2.45) is 115 Å². The minimum atomic E-state index is -2.19. The Hall–Kier alpha value is -6.51. The summed E-state index contributed by atoms with van der Waals surface area (Å²) in [6.45, 7) is -2.32. The molecule has 21 fully saturated rings. The zero-order chi connectivity index (χ0) is 86.9. The molecule has 56 heteroatoms. The monoisotopic (exact) mass is 1720 g/mol. The zero-order valence-electron chi connectivity index (χ0n) is 65.2. The van der Waals surface area contributed by atoms with Crippen LogP contribution in [-0.4, -0.2) is 466 Å². The number of nitrogens with two attached hydrogens (primary N) is 14. The number of nitrogens with zero attached hydrogens (tertiary/aromatic N) is 7. The van der Waals surface area contributed by atoms with E-state index in [1.54, 1.807) is 0 Å². The van der Waals surface area contributed by atoms with E-state index in [9.17, 15) is 71.5 Å². The SMILES string of the molecule is NC(N)=NCCNC[C@H]1O[C@@H]2O[C@H]3[C@H](O)[C@@H](O)[C@@H](O[C@H]4[C@H](O)[C@@H](O)[C@@H](O[C@H]5[C@H](O)[C@@H](O)[C@@H](O[C@H]6[C@H](O)[C@@H](O)[C@@H](O[C@H]7[C@H](O)[C@@H](O)[C@@H](O[C@H]8[C@H](O)[C@@H](O)[C@@H](O[C@H]1[C@H](O)[C@H]2O)O[C@@H]8CNCCN=C(N)N)O[C@@H]7CNCCN=C(N)N)O[C@@H]6CNCCN=C(N)N)O[C@@H]5CNCCN=C(N)N)O[C@@H]4CNCCN=C(N)N)O[C@@H]3CNCCN=C(N)N. The Balaban J connectivity index is 1.22. The van der Waals surface area contributed by atoms with Crippen molar-refractivity contribution in [2.45, 2.75) is 215 Å². The Bertz CT molecular complexity index is 2650. The number of hydrogen-bond donors (Lipinski definition) is 35. The molecule has 0 aromatic heterocycles. The topological polar surface area (TPSA) is 947 Å². The van der Waals surface area contributed by atoms with E-state index in [1.165, 1.54) is 0 Å². The number of rotatable bonds is 35. The van der Waals surface area contributed by atoms with Gasteiger partial charge < -0.3 is 255 Å². The van der Waals surface area contributed by atoms with Gasteiger partial charge in [-0.25, -0.2) is 0 Å². The van der Waals surface area contributed by atoms with E-state index < -0.39 is 215 Å². The molecule has 21 aliphatic rings. The zero-order valence-corrected chi connectivity index (χ0v) is 65.2. The van der Waals surface area contributed by atoms with Gasteiger partial charge >= 0.3 is 0 Å². The number of nitrogens with one attached hydrogen (secondary N) is 7. The Morgan fingerprint density at radius 2 is 0.286 bits per heavy atom. The lowest BCUT2D eigenvalue weighted by atomic mass is 9.94. The van der Waals surface area contributed by atoms with Crippen molar-refractivity contribution in [3.63, 3.8) is 0 Å². The average molecular weight is 1720 g/mol. The van der Waals surface area contributed by atoms with E-state index in [4.69, 9.17) is 147 Å². The highest BCUT2D eigenvalue weighted by Gasteiger charge is 2.60. The summed E-state index contributed by atoms with van der Waals surface area (Å²) < 4.78 is 89.3. The third-order valence-electron chi connectivity index (χ3n) is 20.0. The number of ether oxygens (including phenoxy) is 14. The van der Waals surface area contributed by atoms with Crippen LogP contribution in [0.1, 0.15) is 0 Å². The molecule has 21 heterocycles. The standard InChI is InChI=1S/C63H126N28O28/c64-57(65)85-8-1-78-15-22-43-29(92)36(99)50(106-22)114-44-23(16-79-2-9-86-58(66)67)108-52(38(101)31(44)94)116-46-25(18-81-4-11-88-60(70)71)110-54(40(103)33(46)96)118-48-27(20-83-6-13-90-62(74)75)112-56(42(105)35(48)98)119-49-28(21-84-7-14-91-63(76)77)111-55(41(104)34(49)97)117-47-26(19-82-5-12-89-61(72)73)109-53(39(102)32(47)95)115-45-24(17-80-3-10-87-59(68)69)107-51(113-43)37(100)30(45)93/h22-56,78-84,92-105H,1-21H2,(H4,64,65,85)(H4,66,67,86)(H4,68,69,87)(H4,70,71,88)(H4,72,73,89)(H4,74,75,90)(H4,76,77,91)/t22-,23-,24-,25-,26-,27-,28-,29-,30-,31-,32-,33-,34-,35-,36-,37-,38-,39-,40-,41-,42-,43-,44-,45-,46-,47-,48-,49-,50-,51-,52-,53-,54-,55-,56-/m1/s1. The van der Waals surface area contributed by atoms with Crippen molar-refractivity contribution in [1.82, 2.24) is 37.2 Å². The lowest BCUT2D eigenvalue weighted by molar-refractivity contribution is -0.392. The van der Waals surface area contributed by atoms with Gasteiger partial charge in [0, 0.05) is 91.6 Å². The molecular formula is C63H126N28O28. The highest BCUT2D eigenvalue weighted by atomic mass is 16.8. The lowest BCUT2D eigenvalue weighted by Gasteiger charge is -2.50. The molecule has 0 amide bonds. The Labute approximate surface area is 682 Å². The Morgan fingerprint density at radius 1 is 0.176 bits per heavy atom. The molecule has 35 atom stereocenters. The largest absolute Gasteiger partial charge is 0.387 e. The minimum Gasteiger partial charge on any atom is -0.387 e. The van der Waals surface area contributed by atoms with Gasteiger partial charge in [0.05, 0.1) is 45.8 Å². The number of guanidine groups is 7. The van der Waals surface area contributed by atoms with Crippen LogP contribution in [-0.2, 0) is 66.3 Å². The van der Waals surface area contributed by atoms with Gasteiger partial charge in [0.2, 0.25) is 0 Å². The third-order valence-corrected chi connectivity index (χ3v) is 20.0. The quantitative estimate of drug-likeness (QED) is 0.0159. The smallest absolute Gasteiger partial charge is 0.187 e. The molecule has 56 nitrogen and oxygen atoms in total. The van der Waals surface area contributed by atoms with Gasteiger partial charge in [0.15, 0.2) is 85.7 Å². The summed E-state index contributed by atoms with van der Waals surface area (Å²) in [6.07, 6.45) is -67.3. The minimum absolute atomic E-state index is 0.0176. The van der Waals surface area contributed by atoms with E-state index in [-0.39, 0.29) is 179 Å². The second-order valence-electron chi connectivity index (χ2n) is 28.9. The summed E-state index contributed by atoms with van der Waals surface area (Å²) in [7, 11) is 0. The van der Waals surface area contributed by atoms with Crippen molar-refractivity contribution in [1.29, 1.82) is 0 Å². The van der Waals surface area contributed by atoms with Crippen LogP contribution in [0.25, 0.3) is 0 Å². The molecule has 21 saturated heterocycles. The first-order valence-corrected chi connectivity index (χ1v) is 38.7. The summed E-state index contributed by atoms with van der Waals surface area (Å²) >= 11 is 0. The van der Waals surface area contributed by atoms with Gasteiger partial charge in [0.25, 0.3) is 0 Å². The van der Waals surface area contributed by atoms with Gasteiger partial charge in [-0.15, -0.1) is 0 Å². The van der Waals surface area contributed by atoms with Crippen LogP contribution >= 0.6 is 0 Å². The fourth-order valence-corrected chi connectivity index (χ4v) is 14.1. The predicted octanol–water partition coefficient (Wildman–Crippen LogP) is -23.1. The summed E-state index contributed by atoms with van der Waals surface area (Å²) in [6, 6.07) is 0. The van der Waals surface area contributed by atoms with Crippen molar-refractivity contribution >= 4 is 41.7 Å². The lowest BCUT2D eigenvalue weighted by Crippen LogP contribution is -2.69. The molecule has 21 rings (SSSR count). The van der Waals surface area contributed by atoms with Crippen LogP contribution < -0.4 is 117 Å². The molecule has 0 spiro atoms. The van der Waals surface area contributed by atoms with Gasteiger partial charge in [-0.1, -0.05) is 0 Å². The van der Waals surface area contributed by atoms with Crippen molar-refractivity contribution in [3.8, 4) is 0 Å². The first-order chi connectivity index (χ1) is 56.6. The maximum Gasteiger partial charge on any atom is 0.187 e. The van der Waals surface area contributed by atoms with E-state index in [0.29, 0.717) is 0 Å². The van der Waals surface area contributed by atoms with E-state index >= 15 is 0 Å². The molecule has 0 radical (unpaired) electrons. The molecule has 14 bridgehead atoms. The maximum atomic E-state index is 12.4. The summed E-state index contributed by atoms with van der Waals surface area (Å²) in [5, 5.41) is 193. The van der Waals surface area contributed by atoms with Crippen LogP contribution in [0.4, 0.5) is 0 Å². The molecule has 686 valence electrons. The van der Waals surface area contributed by atoms with Crippen molar-refractivity contribution in [2.75, 3.05) is 137 Å². The number of aliphatic hydroxyl groups excluding tert-OH is 14. The molecular weight excluding hydrogens is 1600 g/mol. The van der Waals surface area contributed by atoms with Crippen LogP contribution in [0.3, 0.4) is 0 Å². The van der Waals surface area contributed by atoms with Gasteiger partial charge in [-0.3, -0.25) is 34.9 Å². The molecule has 0 aromatic rings. The fourth-order valence-electron chi connectivity index (χ4n) is 14.1. The van der Waals surface area contributed by atoms with E-state index in [0.717, 1.165) is 0 Å². The molecule has 0 unspecified atom stereocenters. The normalized spacial score (nSPS) is 39.5. The van der Waals surface area contributed by atoms with Crippen molar-refractivity contribution in [3.05, 3.63) is 0 Å². The third kappa shape index (κ3) is 28.3. The first kappa shape index (κ1) is 97.9. The van der Waals surface area contributed by atoms with Crippen LogP contribution in [0, 0.1) is 0 Å². The van der Waals surface area contributed by atoms with Gasteiger partial charge in [-0.2, -0.15) is 0 Å². The number of aliphatic imine (C=N–C) groups is 7. The Kier molecular flexibility index (Phi) is 39.5. The number of aliphatic hydroxyl groups is 14. The van der Waals surface area contributed by atoms with E-state index in [1.807, 2.05) is 0 Å². The summed E-state index contributed by atoms with van der Waals surface area (Å²) in [5.74, 6) is -1.83. The fraction of sp³-hybridized carbons (Fsp3) is 0.889. The number of hydrogen-bond acceptors (Lipinski definition) is 42. The van der Waals surface area contributed by atoms with Gasteiger partial charge in [0.1, 0.15) is 171 Å². The average Bonchev–Trinajstić information content (AvgIpc) is 0.957.